The minimum absolute atomic E-state index is 0.757. The lowest BCUT2D eigenvalue weighted by atomic mass is 10.2. The highest BCUT2D eigenvalue weighted by Gasteiger charge is 2.00. The van der Waals surface area contributed by atoms with Crippen molar-refractivity contribution in [1.29, 1.82) is 0 Å². The highest BCUT2D eigenvalue weighted by atomic mass is 79.9. The van der Waals surface area contributed by atoms with Crippen molar-refractivity contribution < 1.29 is 0 Å². The molecule has 1 aromatic heterocycles. The van der Waals surface area contributed by atoms with Crippen molar-refractivity contribution in [2.75, 3.05) is 17.6 Å². The zero-order valence-electron chi connectivity index (χ0n) is 9.28. The van der Waals surface area contributed by atoms with Crippen LogP contribution in [0.2, 0.25) is 0 Å². The Bertz CT molecular complexity index is 469. The summed E-state index contributed by atoms with van der Waals surface area (Å²) < 4.78 is 1.02. The predicted molar refractivity (Wildman–Crippen MR) is 71.7 cm³/mol. The number of H-pyrrole nitrogens is 1. The number of hydrogen-bond acceptors (Lipinski definition) is 4. The molecule has 4 N–H and O–H groups in total. The molecule has 2 aromatic rings. The number of benzene rings is 1. The van der Waals surface area contributed by atoms with Crippen LogP contribution >= 0.6 is 15.9 Å². The first-order valence-corrected chi connectivity index (χ1v) is 6.18. The Morgan fingerprint density at radius 2 is 2.29 bits per heavy atom. The van der Waals surface area contributed by atoms with E-state index in [2.05, 4.69) is 36.4 Å². The molecule has 1 aromatic carbocycles. The molecule has 0 radical (unpaired) electrons. The Hall–Kier alpha value is -1.56. The maximum absolute atomic E-state index is 5.85. The Balaban J connectivity index is 1.80. The van der Waals surface area contributed by atoms with Crippen LogP contribution in [0.4, 0.5) is 11.4 Å². The first kappa shape index (κ1) is 11.9. The first-order chi connectivity index (χ1) is 8.25. The zero-order chi connectivity index (χ0) is 12.1. The molecule has 1 heterocycles. The molecule has 0 aliphatic carbocycles. The van der Waals surface area contributed by atoms with E-state index < -0.39 is 0 Å². The molecule has 0 atom stereocenters. The molecule has 0 bridgehead atoms. The predicted octanol–water partition coefficient (Wildman–Crippen LogP) is 2.19. The van der Waals surface area contributed by atoms with Crippen molar-refractivity contribution in [2.24, 2.45) is 0 Å². The van der Waals surface area contributed by atoms with Crippen LogP contribution in [0.15, 0.2) is 29.0 Å². The third kappa shape index (κ3) is 3.45. The van der Waals surface area contributed by atoms with Crippen LogP contribution in [0.1, 0.15) is 12.2 Å². The number of nitrogens with two attached hydrogens (primary N) is 1. The van der Waals surface area contributed by atoms with Gasteiger partial charge in [0.15, 0.2) is 0 Å². The van der Waals surface area contributed by atoms with Crippen molar-refractivity contribution in [1.82, 2.24) is 15.2 Å². The average molecular weight is 296 g/mol. The fourth-order valence-corrected chi connectivity index (χ4v) is 1.87. The van der Waals surface area contributed by atoms with Gasteiger partial charge in [-0.25, -0.2) is 4.98 Å². The summed E-state index contributed by atoms with van der Waals surface area (Å²) in [5.41, 5.74) is 7.57. The first-order valence-electron chi connectivity index (χ1n) is 5.39. The van der Waals surface area contributed by atoms with Gasteiger partial charge in [0.1, 0.15) is 12.2 Å². The summed E-state index contributed by atoms with van der Waals surface area (Å²) >= 11 is 3.42. The molecule has 0 fully saturated rings. The normalized spacial score (nSPS) is 10.4. The lowest BCUT2D eigenvalue weighted by molar-refractivity contribution is 0.806. The monoisotopic (exact) mass is 295 g/mol. The molecule has 0 amide bonds. The topological polar surface area (TPSA) is 79.6 Å². The molecule has 90 valence electrons. The van der Waals surface area contributed by atoms with Gasteiger partial charge in [0.25, 0.3) is 0 Å². The van der Waals surface area contributed by atoms with Crippen molar-refractivity contribution in [2.45, 2.75) is 12.8 Å². The molecule has 0 spiro atoms. The molecule has 0 aliphatic rings. The van der Waals surface area contributed by atoms with E-state index in [9.17, 15) is 0 Å². The number of nitrogens with zero attached hydrogens (tertiary/aromatic N) is 2. The van der Waals surface area contributed by atoms with E-state index in [1.165, 1.54) is 6.33 Å². The largest absolute Gasteiger partial charge is 0.397 e. The van der Waals surface area contributed by atoms with Crippen molar-refractivity contribution in [3.63, 3.8) is 0 Å². The molecule has 6 heteroatoms. The van der Waals surface area contributed by atoms with Gasteiger partial charge in [-0.2, -0.15) is 5.10 Å². The Morgan fingerprint density at radius 3 is 3.06 bits per heavy atom. The van der Waals surface area contributed by atoms with Crippen molar-refractivity contribution in [3.8, 4) is 0 Å². The fraction of sp³-hybridized carbons (Fsp3) is 0.273. The minimum atomic E-state index is 0.757. The summed E-state index contributed by atoms with van der Waals surface area (Å²) in [5.74, 6) is 0.911. The van der Waals surface area contributed by atoms with Gasteiger partial charge in [0, 0.05) is 17.4 Å². The van der Waals surface area contributed by atoms with E-state index in [1.807, 2.05) is 18.2 Å². The van der Waals surface area contributed by atoms with Gasteiger partial charge in [-0.05, 0) is 24.6 Å². The molecule has 0 saturated carbocycles. The van der Waals surface area contributed by atoms with Gasteiger partial charge in [-0.1, -0.05) is 15.9 Å². The fourth-order valence-electron chi connectivity index (χ4n) is 1.51. The average Bonchev–Trinajstić information content (AvgIpc) is 2.82. The number of anilines is 2. The van der Waals surface area contributed by atoms with Gasteiger partial charge < -0.3 is 11.1 Å². The summed E-state index contributed by atoms with van der Waals surface area (Å²) in [6, 6.07) is 5.78. The van der Waals surface area contributed by atoms with Crippen molar-refractivity contribution >= 4 is 27.3 Å². The van der Waals surface area contributed by atoms with E-state index in [1.54, 1.807) is 0 Å². The Kier molecular flexibility index (Phi) is 3.98. The summed E-state index contributed by atoms with van der Waals surface area (Å²) in [5, 5.41) is 9.94. The van der Waals surface area contributed by atoms with E-state index in [4.69, 9.17) is 5.73 Å². The minimum Gasteiger partial charge on any atom is -0.397 e. The van der Waals surface area contributed by atoms with Crippen LogP contribution in [-0.4, -0.2) is 21.7 Å². The number of nitrogens with one attached hydrogen (secondary N) is 2. The quantitative estimate of drug-likeness (QED) is 0.583. The molecular weight excluding hydrogens is 282 g/mol. The van der Waals surface area contributed by atoms with E-state index in [0.717, 1.165) is 41.1 Å². The molecule has 0 saturated heterocycles. The third-order valence-corrected chi connectivity index (χ3v) is 2.88. The number of rotatable bonds is 5. The lowest BCUT2D eigenvalue weighted by Crippen LogP contribution is -2.05. The second kappa shape index (κ2) is 5.67. The number of aromatic amines is 1. The SMILES string of the molecule is Nc1ccc(Br)cc1NCCCc1ncn[nH]1. The summed E-state index contributed by atoms with van der Waals surface area (Å²) in [6.07, 6.45) is 3.37. The van der Waals surface area contributed by atoms with Crippen LogP contribution < -0.4 is 11.1 Å². The molecule has 17 heavy (non-hydrogen) atoms. The second-order valence-electron chi connectivity index (χ2n) is 3.69. The van der Waals surface area contributed by atoms with Crippen LogP contribution in [0.25, 0.3) is 0 Å². The summed E-state index contributed by atoms with van der Waals surface area (Å²) in [4.78, 5) is 4.07. The smallest absolute Gasteiger partial charge is 0.137 e. The maximum atomic E-state index is 5.85. The standard InChI is InChI=1S/C11H14BrN5/c12-8-3-4-9(13)10(6-8)14-5-1-2-11-15-7-16-17-11/h3-4,6-7,14H,1-2,5,13H2,(H,15,16,17). The summed E-state index contributed by atoms with van der Waals surface area (Å²) in [7, 11) is 0. The number of halogens is 1. The third-order valence-electron chi connectivity index (χ3n) is 2.39. The van der Waals surface area contributed by atoms with Gasteiger partial charge in [0.2, 0.25) is 0 Å². The highest BCUT2D eigenvalue weighted by Crippen LogP contribution is 2.23. The molecule has 0 aliphatic heterocycles. The summed E-state index contributed by atoms with van der Waals surface area (Å²) in [6.45, 7) is 0.849. The van der Waals surface area contributed by atoms with Gasteiger partial charge in [0.05, 0.1) is 11.4 Å². The van der Waals surface area contributed by atoms with E-state index in [-0.39, 0.29) is 0 Å². The maximum Gasteiger partial charge on any atom is 0.137 e. The zero-order valence-corrected chi connectivity index (χ0v) is 10.9. The van der Waals surface area contributed by atoms with Gasteiger partial charge >= 0.3 is 0 Å². The molecule has 0 unspecified atom stereocenters. The van der Waals surface area contributed by atoms with Crippen LogP contribution in [0.3, 0.4) is 0 Å². The molecular formula is C11H14BrN5. The van der Waals surface area contributed by atoms with Gasteiger partial charge in [-0.3, -0.25) is 5.10 Å². The van der Waals surface area contributed by atoms with Gasteiger partial charge in [-0.15, -0.1) is 0 Å². The van der Waals surface area contributed by atoms with E-state index >= 15 is 0 Å². The number of nitrogen functional groups attached to an aromatic ring is 1. The second-order valence-corrected chi connectivity index (χ2v) is 4.61. The number of aromatic nitrogens is 3. The highest BCUT2D eigenvalue weighted by molar-refractivity contribution is 9.10. The molecule has 2 rings (SSSR count). The van der Waals surface area contributed by atoms with Crippen LogP contribution in [-0.2, 0) is 6.42 Å². The van der Waals surface area contributed by atoms with E-state index in [0.29, 0.717) is 0 Å². The lowest BCUT2D eigenvalue weighted by Gasteiger charge is -2.09. The van der Waals surface area contributed by atoms with Crippen molar-refractivity contribution in [3.05, 3.63) is 34.8 Å². The van der Waals surface area contributed by atoms with Crippen LogP contribution in [0, 0.1) is 0 Å². The number of hydrogen-bond donors (Lipinski definition) is 3. The molecule has 5 nitrogen and oxygen atoms in total. The Labute approximate surface area is 108 Å². The van der Waals surface area contributed by atoms with Crippen LogP contribution in [0.5, 0.6) is 0 Å². The number of aryl methyl sites for hydroxylation is 1. The Morgan fingerprint density at radius 1 is 1.41 bits per heavy atom.